The third kappa shape index (κ3) is 0.908. The summed E-state index contributed by atoms with van der Waals surface area (Å²) >= 11 is 0. The van der Waals surface area contributed by atoms with Crippen LogP contribution in [0.2, 0.25) is 0 Å². The predicted octanol–water partition coefficient (Wildman–Crippen LogP) is -1.69. The number of nitrogens with two attached hydrogens (primary N) is 2. The fraction of sp³-hybridized carbons (Fsp3) is 0. The standard InChI is InChI=1S/C5H5N6Si/c6-2-1-3(10-4(7)9-2)11-5(12)8-1/h(H5,6,7,8,9,10,11). The molecule has 0 aliphatic heterocycles. The minimum Gasteiger partial charge on any atom is -0.382 e. The highest BCUT2D eigenvalue weighted by Gasteiger charge is 2.06. The molecule has 0 atom stereocenters. The maximum atomic E-state index is 5.55. The van der Waals surface area contributed by atoms with Crippen molar-refractivity contribution in [3.05, 3.63) is 0 Å². The Kier molecular flexibility index (Phi) is 1.28. The van der Waals surface area contributed by atoms with Gasteiger partial charge in [-0.2, -0.15) is 9.97 Å². The number of H-pyrrole nitrogens is 1. The zero-order valence-corrected chi connectivity index (χ0v) is 7.00. The molecule has 0 spiro atoms. The van der Waals surface area contributed by atoms with Crippen molar-refractivity contribution in [3.8, 4) is 0 Å². The lowest BCUT2D eigenvalue weighted by Crippen LogP contribution is -2.05. The number of hydrogen-bond acceptors (Lipinski definition) is 5. The number of fused-ring (bicyclic) bond motifs is 1. The molecule has 0 amide bonds. The number of hydrogen-bond donors (Lipinski definition) is 3. The molecule has 3 radical (unpaired) electrons. The third-order valence-corrected chi connectivity index (χ3v) is 1.63. The van der Waals surface area contributed by atoms with Crippen LogP contribution in [0.5, 0.6) is 0 Å². The monoisotopic (exact) mass is 177 g/mol. The molecule has 6 nitrogen and oxygen atoms in total. The molecule has 0 fully saturated rings. The Hall–Kier alpha value is -1.63. The maximum absolute atomic E-state index is 5.55. The molecule has 0 unspecified atom stereocenters. The Balaban J connectivity index is 2.88. The van der Waals surface area contributed by atoms with Gasteiger partial charge in [0.2, 0.25) is 5.95 Å². The number of anilines is 2. The third-order valence-electron chi connectivity index (χ3n) is 1.40. The van der Waals surface area contributed by atoms with E-state index < -0.39 is 0 Å². The van der Waals surface area contributed by atoms with Crippen molar-refractivity contribution in [1.29, 1.82) is 0 Å². The van der Waals surface area contributed by atoms with E-state index in [4.69, 9.17) is 11.5 Å². The molecule has 2 heterocycles. The molecule has 7 heteroatoms. The van der Waals surface area contributed by atoms with Crippen LogP contribution in [0.3, 0.4) is 0 Å². The predicted molar refractivity (Wildman–Crippen MR) is 45.9 cm³/mol. The van der Waals surface area contributed by atoms with Crippen LogP contribution in [0.15, 0.2) is 0 Å². The number of aromatic amines is 1. The van der Waals surface area contributed by atoms with Crippen LogP contribution in [0.4, 0.5) is 11.8 Å². The Labute approximate surface area is 70.8 Å². The molecule has 12 heavy (non-hydrogen) atoms. The summed E-state index contributed by atoms with van der Waals surface area (Å²) in [7, 11) is 3.20. The van der Waals surface area contributed by atoms with Crippen molar-refractivity contribution < 1.29 is 0 Å². The summed E-state index contributed by atoms with van der Waals surface area (Å²) < 4.78 is 0. The second-order valence-corrected chi connectivity index (χ2v) is 2.72. The topological polar surface area (TPSA) is 106 Å². The van der Waals surface area contributed by atoms with E-state index in [2.05, 4.69) is 30.2 Å². The zero-order chi connectivity index (χ0) is 8.72. The van der Waals surface area contributed by atoms with Crippen LogP contribution in [0.25, 0.3) is 11.2 Å². The number of nitrogen functional groups attached to an aromatic ring is 2. The van der Waals surface area contributed by atoms with E-state index in [9.17, 15) is 0 Å². The van der Waals surface area contributed by atoms with Crippen molar-refractivity contribution >= 4 is 38.6 Å². The molecule has 0 saturated carbocycles. The van der Waals surface area contributed by atoms with E-state index in [1.807, 2.05) is 0 Å². The Morgan fingerprint density at radius 1 is 1.17 bits per heavy atom. The van der Waals surface area contributed by atoms with Gasteiger partial charge in [-0.1, -0.05) is 0 Å². The fourth-order valence-corrected chi connectivity index (χ4v) is 1.17. The number of imidazole rings is 1. The molecule has 0 aliphatic rings. The first-order valence-corrected chi connectivity index (χ1v) is 3.67. The van der Waals surface area contributed by atoms with E-state index in [0.29, 0.717) is 22.4 Å². The van der Waals surface area contributed by atoms with Gasteiger partial charge in [-0.3, -0.25) is 0 Å². The quantitative estimate of drug-likeness (QED) is 0.416. The zero-order valence-electron chi connectivity index (χ0n) is 6.00. The second kappa shape index (κ2) is 2.17. The Morgan fingerprint density at radius 2 is 1.92 bits per heavy atom. The number of nitrogens with one attached hydrogen (secondary N) is 1. The number of aromatic nitrogens is 4. The van der Waals surface area contributed by atoms with E-state index in [0.717, 1.165) is 0 Å². The molecular formula is C5H5N6Si. The van der Waals surface area contributed by atoms with Crippen molar-refractivity contribution in [2.75, 3.05) is 11.5 Å². The summed E-state index contributed by atoms with van der Waals surface area (Å²) in [6.07, 6.45) is 0. The Bertz CT molecular complexity index is 435. The number of nitrogens with zero attached hydrogens (tertiary/aromatic N) is 3. The SMILES string of the molecule is Nc1nc(N)c2[nH]c([Si])nc2n1. The van der Waals surface area contributed by atoms with Gasteiger partial charge in [-0.25, -0.2) is 4.98 Å². The summed E-state index contributed by atoms with van der Waals surface area (Å²) in [5, 5.41) is 0. The first kappa shape index (κ1) is 7.04. The van der Waals surface area contributed by atoms with Gasteiger partial charge in [0, 0.05) is 0 Å². The van der Waals surface area contributed by atoms with Crippen LogP contribution in [-0.2, 0) is 0 Å². The number of rotatable bonds is 0. The first-order chi connectivity index (χ1) is 5.66. The van der Waals surface area contributed by atoms with Gasteiger partial charge in [-0.15, -0.1) is 0 Å². The molecule has 59 valence electrons. The molecule has 0 aliphatic carbocycles. The van der Waals surface area contributed by atoms with Crippen LogP contribution in [-0.4, -0.2) is 30.2 Å². The molecule has 2 aromatic heterocycles. The van der Waals surface area contributed by atoms with Gasteiger partial charge in [-0.05, 0) is 0 Å². The second-order valence-electron chi connectivity index (χ2n) is 2.25. The van der Waals surface area contributed by atoms with Crippen molar-refractivity contribution in [2.45, 2.75) is 0 Å². The highest BCUT2D eigenvalue weighted by molar-refractivity contribution is 6.30. The van der Waals surface area contributed by atoms with Gasteiger partial charge in [0.1, 0.15) is 15.8 Å². The van der Waals surface area contributed by atoms with Crippen LogP contribution in [0.1, 0.15) is 0 Å². The maximum Gasteiger partial charge on any atom is 0.224 e. The molecular weight excluding hydrogens is 172 g/mol. The molecule has 0 aromatic carbocycles. The van der Waals surface area contributed by atoms with Crippen molar-refractivity contribution in [2.24, 2.45) is 0 Å². The van der Waals surface area contributed by atoms with Crippen LogP contribution < -0.4 is 16.9 Å². The minimum absolute atomic E-state index is 0.123. The minimum atomic E-state index is 0.123. The largest absolute Gasteiger partial charge is 0.382 e. The summed E-state index contributed by atoms with van der Waals surface area (Å²) in [5.74, 6) is 0.424. The Morgan fingerprint density at radius 3 is 2.67 bits per heavy atom. The summed E-state index contributed by atoms with van der Waals surface area (Å²) in [5.41, 5.74) is 12.5. The lowest BCUT2D eigenvalue weighted by molar-refractivity contribution is 1.22. The highest BCUT2D eigenvalue weighted by atomic mass is 28.1. The molecule has 0 bridgehead atoms. The van der Waals surface area contributed by atoms with E-state index in [-0.39, 0.29) is 5.95 Å². The van der Waals surface area contributed by atoms with Gasteiger partial charge >= 0.3 is 0 Å². The summed E-state index contributed by atoms with van der Waals surface area (Å²) in [4.78, 5) is 14.5. The van der Waals surface area contributed by atoms with Crippen LogP contribution >= 0.6 is 0 Å². The van der Waals surface area contributed by atoms with Crippen molar-refractivity contribution in [1.82, 2.24) is 19.9 Å². The first-order valence-electron chi connectivity index (χ1n) is 3.17. The summed E-state index contributed by atoms with van der Waals surface area (Å²) in [6, 6.07) is 0. The normalized spacial score (nSPS) is 10.8. The summed E-state index contributed by atoms with van der Waals surface area (Å²) in [6.45, 7) is 0. The average Bonchev–Trinajstić information content (AvgIpc) is 2.29. The van der Waals surface area contributed by atoms with Gasteiger partial charge in [0.05, 0.1) is 5.45 Å². The van der Waals surface area contributed by atoms with Crippen LogP contribution in [0, 0.1) is 0 Å². The van der Waals surface area contributed by atoms with Gasteiger partial charge in [0.25, 0.3) is 0 Å². The van der Waals surface area contributed by atoms with Crippen molar-refractivity contribution in [3.63, 3.8) is 0 Å². The highest BCUT2D eigenvalue weighted by Crippen LogP contribution is 2.11. The van der Waals surface area contributed by atoms with E-state index >= 15 is 0 Å². The average molecular weight is 177 g/mol. The van der Waals surface area contributed by atoms with E-state index in [1.54, 1.807) is 0 Å². The molecule has 2 aromatic rings. The van der Waals surface area contributed by atoms with Gasteiger partial charge in [0.15, 0.2) is 11.5 Å². The van der Waals surface area contributed by atoms with E-state index in [1.165, 1.54) is 0 Å². The molecule has 5 N–H and O–H groups in total. The fourth-order valence-electron chi connectivity index (χ4n) is 0.936. The smallest absolute Gasteiger partial charge is 0.224 e. The van der Waals surface area contributed by atoms with Gasteiger partial charge < -0.3 is 16.5 Å². The molecule has 0 saturated heterocycles. The lowest BCUT2D eigenvalue weighted by Gasteiger charge is -1.94. The molecule has 2 rings (SSSR count). The lowest BCUT2D eigenvalue weighted by atomic mass is 10.5.